The van der Waals surface area contributed by atoms with E-state index >= 15 is 0 Å². The first-order valence-electron chi connectivity index (χ1n) is 8.46. The summed E-state index contributed by atoms with van der Waals surface area (Å²) in [5.74, 6) is 0.574. The average Bonchev–Trinajstić information content (AvgIpc) is 3.13. The monoisotopic (exact) mass is 359 g/mol. The Balaban J connectivity index is 2.03. The van der Waals surface area contributed by atoms with Crippen LogP contribution in [0, 0.1) is 0 Å². The zero-order valence-corrected chi connectivity index (χ0v) is 15.8. The van der Waals surface area contributed by atoms with Crippen LogP contribution in [0.1, 0.15) is 33.1 Å². The van der Waals surface area contributed by atoms with Gasteiger partial charge in [-0.15, -0.1) is 0 Å². The summed E-state index contributed by atoms with van der Waals surface area (Å²) in [6.45, 7) is 4.73. The lowest BCUT2D eigenvalue weighted by Crippen LogP contribution is -2.44. The molecule has 1 saturated carbocycles. The molecule has 1 saturated heterocycles. The molecule has 24 heavy (non-hydrogen) atoms. The van der Waals surface area contributed by atoms with Gasteiger partial charge in [0.05, 0.1) is 5.25 Å². The number of likely N-dealkylation sites (N-methyl/N-ethyl adjacent to an activating group) is 1. The van der Waals surface area contributed by atoms with Crippen LogP contribution in [0.25, 0.3) is 0 Å². The number of nitrogens with one attached hydrogen (secondary N) is 2. The van der Waals surface area contributed by atoms with Crippen LogP contribution in [-0.2, 0) is 14.8 Å². The maximum absolute atomic E-state index is 12.3. The lowest BCUT2D eigenvalue weighted by molar-refractivity contribution is -0.127. The summed E-state index contributed by atoms with van der Waals surface area (Å²) < 4.78 is 27.3. The Morgan fingerprint density at radius 1 is 1.29 bits per heavy atom. The standard InChI is InChI=1S/C15H29N5O3S/c1-11(2)18-24(22,23)13-7-8-20(10-13)15(17-12-5-6-12)16-9-14(21)19(3)4/h11-13,18H,5-10H2,1-4H3,(H,16,17). The molecule has 0 aromatic rings. The molecule has 0 aromatic carbocycles. The van der Waals surface area contributed by atoms with E-state index in [4.69, 9.17) is 0 Å². The summed E-state index contributed by atoms with van der Waals surface area (Å²) in [6, 6.07) is 0.280. The van der Waals surface area contributed by atoms with E-state index in [1.54, 1.807) is 14.1 Å². The van der Waals surface area contributed by atoms with E-state index in [1.165, 1.54) is 4.90 Å². The predicted octanol–water partition coefficient (Wildman–Crippen LogP) is -0.415. The molecule has 2 aliphatic rings. The number of sulfonamides is 1. The molecule has 0 aromatic heterocycles. The van der Waals surface area contributed by atoms with Gasteiger partial charge in [0.15, 0.2) is 5.96 Å². The summed E-state index contributed by atoms with van der Waals surface area (Å²) in [5.41, 5.74) is 0. The van der Waals surface area contributed by atoms with Crippen LogP contribution in [0.2, 0.25) is 0 Å². The van der Waals surface area contributed by atoms with Crippen molar-refractivity contribution in [1.82, 2.24) is 19.8 Å². The smallest absolute Gasteiger partial charge is 0.243 e. The molecular weight excluding hydrogens is 330 g/mol. The minimum absolute atomic E-state index is 0.0697. The molecule has 2 fully saturated rings. The topological polar surface area (TPSA) is 94.1 Å². The van der Waals surface area contributed by atoms with Gasteiger partial charge in [-0.1, -0.05) is 0 Å². The summed E-state index contributed by atoms with van der Waals surface area (Å²) in [5, 5.41) is 2.88. The Labute approximate surface area is 144 Å². The molecule has 0 radical (unpaired) electrons. The van der Waals surface area contributed by atoms with Crippen molar-refractivity contribution < 1.29 is 13.2 Å². The molecule has 8 nitrogen and oxygen atoms in total. The van der Waals surface area contributed by atoms with Crippen LogP contribution in [0.5, 0.6) is 0 Å². The number of rotatable bonds is 6. The molecule has 1 aliphatic heterocycles. The van der Waals surface area contributed by atoms with Crippen LogP contribution >= 0.6 is 0 Å². The van der Waals surface area contributed by atoms with E-state index in [9.17, 15) is 13.2 Å². The highest BCUT2D eigenvalue weighted by Gasteiger charge is 2.36. The molecule has 0 spiro atoms. The SMILES string of the molecule is CC(C)NS(=O)(=O)C1CCN(C(=NCC(=O)N(C)C)NC2CC2)C1. The van der Waals surface area contributed by atoms with Crippen LogP contribution in [0.15, 0.2) is 4.99 Å². The molecule has 0 bridgehead atoms. The van der Waals surface area contributed by atoms with Crippen molar-refractivity contribution in [3.63, 3.8) is 0 Å². The molecule has 9 heteroatoms. The van der Waals surface area contributed by atoms with Crippen molar-refractivity contribution in [3.8, 4) is 0 Å². The molecule has 1 heterocycles. The van der Waals surface area contributed by atoms with Gasteiger partial charge in [-0.3, -0.25) is 4.79 Å². The van der Waals surface area contributed by atoms with Gasteiger partial charge in [-0.05, 0) is 33.1 Å². The van der Waals surface area contributed by atoms with Gasteiger partial charge >= 0.3 is 0 Å². The number of carbonyl (C=O) groups is 1. The Hall–Kier alpha value is -1.35. The second-order valence-electron chi connectivity index (χ2n) is 7.02. The molecule has 1 atom stereocenters. The Bertz CT molecular complexity index is 584. The van der Waals surface area contributed by atoms with Gasteiger partial charge < -0.3 is 15.1 Å². The fraction of sp³-hybridized carbons (Fsp3) is 0.867. The van der Waals surface area contributed by atoms with Crippen LogP contribution in [0.3, 0.4) is 0 Å². The van der Waals surface area contributed by atoms with Gasteiger partial charge in [-0.25, -0.2) is 18.1 Å². The first-order chi connectivity index (χ1) is 11.2. The van der Waals surface area contributed by atoms with E-state index < -0.39 is 15.3 Å². The van der Waals surface area contributed by atoms with Gasteiger partial charge in [0, 0.05) is 39.3 Å². The summed E-state index contributed by atoms with van der Waals surface area (Å²) in [4.78, 5) is 19.6. The van der Waals surface area contributed by atoms with Crippen molar-refractivity contribution in [2.75, 3.05) is 33.7 Å². The van der Waals surface area contributed by atoms with E-state index in [1.807, 2.05) is 18.7 Å². The van der Waals surface area contributed by atoms with Crippen molar-refractivity contribution in [2.45, 2.75) is 50.4 Å². The number of aliphatic imine (C=N–C) groups is 1. The van der Waals surface area contributed by atoms with Gasteiger partial charge in [0.25, 0.3) is 0 Å². The predicted molar refractivity (Wildman–Crippen MR) is 94.3 cm³/mol. The number of amides is 1. The average molecular weight is 359 g/mol. The van der Waals surface area contributed by atoms with E-state index in [-0.39, 0.29) is 18.5 Å². The third-order valence-corrected chi connectivity index (χ3v) is 6.12. The third-order valence-electron chi connectivity index (χ3n) is 4.06. The largest absolute Gasteiger partial charge is 0.353 e. The van der Waals surface area contributed by atoms with Crippen molar-refractivity contribution in [2.24, 2.45) is 4.99 Å². The first-order valence-corrected chi connectivity index (χ1v) is 10.0. The molecule has 2 N–H and O–H groups in total. The third kappa shape index (κ3) is 5.34. The van der Waals surface area contributed by atoms with E-state index in [0.717, 1.165) is 12.8 Å². The minimum atomic E-state index is -3.33. The summed E-state index contributed by atoms with van der Waals surface area (Å²) in [7, 11) is 0.0598. The fourth-order valence-corrected chi connectivity index (χ4v) is 4.17. The Kier molecular flexibility index (Phi) is 6.08. The number of hydrogen-bond donors (Lipinski definition) is 2. The number of nitrogens with zero attached hydrogens (tertiary/aromatic N) is 3. The van der Waals surface area contributed by atoms with Gasteiger partial charge in [0.2, 0.25) is 15.9 Å². The van der Waals surface area contributed by atoms with Crippen molar-refractivity contribution in [1.29, 1.82) is 0 Å². The second kappa shape index (κ2) is 7.69. The van der Waals surface area contributed by atoms with E-state index in [2.05, 4.69) is 15.0 Å². The summed E-state index contributed by atoms with van der Waals surface area (Å²) >= 11 is 0. The highest BCUT2D eigenvalue weighted by molar-refractivity contribution is 7.90. The maximum Gasteiger partial charge on any atom is 0.243 e. The molecule has 1 unspecified atom stereocenters. The lowest BCUT2D eigenvalue weighted by atomic mass is 10.4. The summed E-state index contributed by atoms with van der Waals surface area (Å²) in [6.07, 6.45) is 2.74. The lowest BCUT2D eigenvalue weighted by Gasteiger charge is -2.22. The normalized spacial score (nSPS) is 22.1. The Morgan fingerprint density at radius 3 is 2.50 bits per heavy atom. The number of likely N-dealkylation sites (tertiary alicyclic amines) is 1. The quantitative estimate of drug-likeness (QED) is 0.496. The van der Waals surface area contributed by atoms with Gasteiger partial charge in [0.1, 0.15) is 6.54 Å². The number of hydrogen-bond acceptors (Lipinski definition) is 4. The zero-order valence-electron chi connectivity index (χ0n) is 14.9. The van der Waals surface area contributed by atoms with E-state index in [0.29, 0.717) is 31.5 Å². The van der Waals surface area contributed by atoms with Crippen molar-refractivity contribution in [3.05, 3.63) is 0 Å². The molecular formula is C15H29N5O3S. The number of carbonyl (C=O) groups excluding carboxylic acids is 1. The molecule has 1 aliphatic carbocycles. The van der Waals surface area contributed by atoms with Crippen LogP contribution < -0.4 is 10.0 Å². The highest BCUT2D eigenvalue weighted by Crippen LogP contribution is 2.21. The molecule has 1 amide bonds. The van der Waals surface area contributed by atoms with Crippen LogP contribution in [-0.4, -0.2) is 81.1 Å². The fourth-order valence-electron chi connectivity index (χ4n) is 2.53. The molecule has 2 rings (SSSR count). The minimum Gasteiger partial charge on any atom is -0.353 e. The van der Waals surface area contributed by atoms with Crippen LogP contribution in [0.4, 0.5) is 0 Å². The Morgan fingerprint density at radius 2 is 1.96 bits per heavy atom. The maximum atomic E-state index is 12.3. The van der Waals surface area contributed by atoms with Crippen molar-refractivity contribution >= 4 is 21.9 Å². The second-order valence-corrected chi connectivity index (χ2v) is 9.01. The first kappa shape index (κ1) is 19.0. The number of guanidine groups is 1. The zero-order chi connectivity index (χ0) is 17.9. The molecule has 138 valence electrons. The highest BCUT2D eigenvalue weighted by atomic mass is 32.2. The van der Waals surface area contributed by atoms with Gasteiger partial charge in [-0.2, -0.15) is 0 Å².